The standard InChI is InChI=1S/C16H13IN2O3/c17-10-5-6-12(14(20)9-10)15(21)19-13-4-2-1-3-11(13)16-18-7-8-22-16/h1-6,9,20H,7-8H2,(H,19,21). The summed E-state index contributed by atoms with van der Waals surface area (Å²) in [5, 5.41) is 12.7. The molecule has 22 heavy (non-hydrogen) atoms. The van der Waals surface area contributed by atoms with Gasteiger partial charge in [0.1, 0.15) is 12.4 Å². The predicted molar refractivity (Wildman–Crippen MR) is 92.6 cm³/mol. The third-order valence-electron chi connectivity index (χ3n) is 3.20. The molecule has 1 amide bonds. The average Bonchev–Trinajstić information content (AvgIpc) is 3.01. The molecule has 3 rings (SSSR count). The van der Waals surface area contributed by atoms with Gasteiger partial charge in [-0.25, -0.2) is 4.99 Å². The molecule has 2 aromatic carbocycles. The molecule has 0 fully saturated rings. The van der Waals surface area contributed by atoms with Crippen LogP contribution in [0.15, 0.2) is 47.5 Å². The molecule has 0 aromatic heterocycles. The number of ether oxygens (including phenoxy) is 1. The maximum atomic E-state index is 12.4. The van der Waals surface area contributed by atoms with Crippen LogP contribution in [0.25, 0.3) is 0 Å². The number of nitrogens with one attached hydrogen (secondary N) is 1. The molecule has 1 heterocycles. The Bertz CT molecular complexity index is 759. The summed E-state index contributed by atoms with van der Waals surface area (Å²) < 4.78 is 6.32. The monoisotopic (exact) mass is 408 g/mol. The maximum Gasteiger partial charge on any atom is 0.259 e. The number of nitrogens with zero attached hydrogens (tertiary/aromatic N) is 1. The number of hydrogen-bond donors (Lipinski definition) is 2. The van der Waals surface area contributed by atoms with Crippen molar-refractivity contribution in [3.05, 3.63) is 57.2 Å². The van der Waals surface area contributed by atoms with Crippen molar-refractivity contribution in [1.82, 2.24) is 0 Å². The Kier molecular flexibility index (Phi) is 4.28. The van der Waals surface area contributed by atoms with Crippen molar-refractivity contribution in [2.24, 2.45) is 4.99 Å². The van der Waals surface area contributed by atoms with Crippen molar-refractivity contribution >= 4 is 40.1 Å². The van der Waals surface area contributed by atoms with Gasteiger partial charge in [0.2, 0.25) is 5.90 Å². The minimum atomic E-state index is -0.375. The number of para-hydroxylation sites is 1. The molecule has 6 heteroatoms. The first-order valence-corrected chi connectivity index (χ1v) is 7.79. The topological polar surface area (TPSA) is 70.9 Å². The van der Waals surface area contributed by atoms with E-state index < -0.39 is 0 Å². The average molecular weight is 408 g/mol. The van der Waals surface area contributed by atoms with Crippen LogP contribution < -0.4 is 5.32 Å². The molecule has 0 spiro atoms. The molecule has 1 aliphatic heterocycles. The fraction of sp³-hybridized carbons (Fsp3) is 0.125. The number of amides is 1. The van der Waals surface area contributed by atoms with Crippen LogP contribution in [-0.2, 0) is 4.74 Å². The van der Waals surface area contributed by atoms with Crippen LogP contribution in [0.2, 0.25) is 0 Å². The third-order valence-corrected chi connectivity index (χ3v) is 3.87. The summed E-state index contributed by atoms with van der Waals surface area (Å²) in [6, 6.07) is 12.2. The molecule has 112 valence electrons. The molecule has 5 nitrogen and oxygen atoms in total. The highest BCUT2D eigenvalue weighted by Crippen LogP contribution is 2.23. The largest absolute Gasteiger partial charge is 0.507 e. The van der Waals surface area contributed by atoms with Gasteiger partial charge in [-0.2, -0.15) is 0 Å². The van der Waals surface area contributed by atoms with Gasteiger partial charge in [0.25, 0.3) is 5.91 Å². The maximum absolute atomic E-state index is 12.4. The number of carbonyl (C=O) groups is 1. The molecular weight excluding hydrogens is 395 g/mol. The van der Waals surface area contributed by atoms with Crippen LogP contribution >= 0.6 is 22.6 Å². The Hall–Kier alpha value is -2.09. The first-order chi connectivity index (χ1) is 10.6. The van der Waals surface area contributed by atoms with Crippen LogP contribution in [0.4, 0.5) is 5.69 Å². The molecule has 0 radical (unpaired) electrons. The minimum absolute atomic E-state index is 0.0451. The number of benzene rings is 2. The van der Waals surface area contributed by atoms with Gasteiger partial charge in [-0.05, 0) is 52.9 Å². The van der Waals surface area contributed by atoms with E-state index >= 15 is 0 Å². The molecule has 0 saturated carbocycles. The summed E-state index contributed by atoms with van der Waals surface area (Å²) in [6.07, 6.45) is 0. The lowest BCUT2D eigenvalue weighted by atomic mass is 10.1. The van der Waals surface area contributed by atoms with Gasteiger partial charge < -0.3 is 15.2 Å². The normalized spacial score (nSPS) is 13.4. The molecule has 0 aliphatic carbocycles. The summed E-state index contributed by atoms with van der Waals surface area (Å²) in [7, 11) is 0. The van der Waals surface area contributed by atoms with E-state index in [-0.39, 0.29) is 17.2 Å². The Morgan fingerprint density at radius 1 is 1.27 bits per heavy atom. The molecule has 2 aromatic rings. The van der Waals surface area contributed by atoms with E-state index in [0.29, 0.717) is 24.7 Å². The van der Waals surface area contributed by atoms with Crippen molar-refractivity contribution < 1.29 is 14.6 Å². The number of aliphatic imine (C=N–C) groups is 1. The lowest BCUT2D eigenvalue weighted by Gasteiger charge is -2.11. The lowest BCUT2D eigenvalue weighted by Crippen LogP contribution is -2.15. The number of anilines is 1. The van der Waals surface area contributed by atoms with E-state index in [1.807, 2.05) is 18.2 Å². The Morgan fingerprint density at radius 3 is 2.82 bits per heavy atom. The van der Waals surface area contributed by atoms with Crippen LogP contribution in [0.1, 0.15) is 15.9 Å². The summed E-state index contributed by atoms with van der Waals surface area (Å²) in [5.74, 6) is 0.110. The second-order valence-electron chi connectivity index (χ2n) is 4.70. The van der Waals surface area contributed by atoms with Crippen LogP contribution in [0, 0.1) is 3.57 Å². The second-order valence-corrected chi connectivity index (χ2v) is 5.94. The van der Waals surface area contributed by atoms with Gasteiger partial charge in [0.15, 0.2) is 0 Å². The number of rotatable bonds is 3. The highest BCUT2D eigenvalue weighted by atomic mass is 127. The number of phenolic OH excluding ortho intramolecular Hbond substituents is 1. The first kappa shape index (κ1) is 14.8. The number of phenols is 1. The molecule has 1 aliphatic rings. The zero-order valence-corrected chi connectivity index (χ0v) is 13.7. The van der Waals surface area contributed by atoms with Crippen LogP contribution in [0.5, 0.6) is 5.75 Å². The number of halogens is 1. The van der Waals surface area contributed by atoms with E-state index in [9.17, 15) is 9.90 Å². The predicted octanol–water partition coefficient (Wildman–Crippen LogP) is 3.03. The number of carbonyl (C=O) groups excluding carboxylic acids is 1. The van der Waals surface area contributed by atoms with Gasteiger partial charge in [0, 0.05) is 3.57 Å². The van der Waals surface area contributed by atoms with Crippen LogP contribution in [0.3, 0.4) is 0 Å². The summed E-state index contributed by atoms with van der Waals surface area (Å²) in [6.45, 7) is 1.17. The zero-order valence-electron chi connectivity index (χ0n) is 11.5. The summed E-state index contributed by atoms with van der Waals surface area (Å²) >= 11 is 2.08. The lowest BCUT2D eigenvalue weighted by molar-refractivity contribution is 0.102. The zero-order chi connectivity index (χ0) is 15.5. The SMILES string of the molecule is O=C(Nc1ccccc1C1=NCCO1)c1ccc(I)cc1O. The van der Waals surface area contributed by atoms with Gasteiger partial charge in [-0.1, -0.05) is 12.1 Å². The summed E-state index contributed by atoms with van der Waals surface area (Å²) in [5.41, 5.74) is 1.56. The first-order valence-electron chi connectivity index (χ1n) is 6.71. The fourth-order valence-electron chi connectivity index (χ4n) is 2.16. The van der Waals surface area contributed by atoms with E-state index in [1.165, 1.54) is 0 Å². The fourth-order valence-corrected chi connectivity index (χ4v) is 2.64. The van der Waals surface area contributed by atoms with Crippen molar-refractivity contribution in [3.8, 4) is 5.75 Å². The van der Waals surface area contributed by atoms with Gasteiger partial charge in [-0.15, -0.1) is 0 Å². The quantitative estimate of drug-likeness (QED) is 0.768. The van der Waals surface area contributed by atoms with Gasteiger partial charge in [0.05, 0.1) is 23.4 Å². The van der Waals surface area contributed by atoms with Crippen molar-refractivity contribution in [2.75, 3.05) is 18.5 Å². The number of hydrogen-bond acceptors (Lipinski definition) is 4. The molecule has 0 bridgehead atoms. The van der Waals surface area contributed by atoms with Crippen molar-refractivity contribution in [3.63, 3.8) is 0 Å². The van der Waals surface area contributed by atoms with Crippen molar-refractivity contribution in [2.45, 2.75) is 0 Å². The second kappa shape index (κ2) is 6.35. The Morgan fingerprint density at radius 2 is 2.09 bits per heavy atom. The molecule has 0 unspecified atom stereocenters. The molecule has 2 N–H and O–H groups in total. The van der Waals surface area contributed by atoms with E-state index in [1.54, 1.807) is 24.3 Å². The molecular formula is C16H13IN2O3. The van der Waals surface area contributed by atoms with Gasteiger partial charge >= 0.3 is 0 Å². The van der Waals surface area contributed by atoms with E-state index in [2.05, 4.69) is 32.9 Å². The third kappa shape index (κ3) is 3.06. The summed E-state index contributed by atoms with van der Waals surface area (Å²) in [4.78, 5) is 16.6. The van der Waals surface area contributed by atoms with Crippen molar-refractivity contribution in [1.29, 1.82) is 0 Å². The smallest absolute Gasteiger partial charge is 0.259 e. The highest BCUT2D eigenvalue weighted by Gasteiger charge is 2.17. The molecule has 0 atom stereocenters. The number of aromatic hydroxyl groups is 1. The Labute approximate surface area is 141 Å². The van der Waals surface area contributed by atoms with Crippen LogP contribution in [-0.4, -0.2) is 30.1 Å². The van der Waals surface area contributed by atoms with E-state index in [4.69, 9.17) is 4.74 Å². The Balaban J connectivity index is 1.88. The van der Waals surface area contributed by atoms with E-state index in [0.717, 1.165) is 9.13 Å². The highest BCUT2D eigenvalue weighted by molar-refractivity contribution is 14.1. The van der Waals surface area contributed by atoms with Gasteiger partial charge in [-0.3, -0.25) is 4.79 Å². The molecule has 0 saturated heterocycles. The minimum Gasteiger partial charge on any atom is -0.507 e.